The van der Waals surface area contributed by atoms with Crippen molar-refractivity contribution >= 4 is 27.3 Å². The summed E-state index contributed by atoms with van der Waals surface area (Å²) in [6.07, 6.45) is 2.06. The Morgan fingerprint density at radius 3 is 2.29 bits per heavy atom. The fourth-order valence-corrected chi connectivity index (χ4v) is 5.87. The van der Waals surface area contributed by atoms with Crippen molar-refractivity contribution in [3.05, 3.63) is 53.3 Å². The summed E-state index contributed by atoms with van der Waals surface area (Å²) in [7, 11) is -3.75. The van der Waals surface area contributed by atoms with Crippen molar-refractivity contribution in [1.29, 1.82) is 5.26 Å². The lowest BCUT2D eigenvalue weighted by Crippen LogP contribution is -2.49. The first-order valence-corrected chi connectivity index (χ1v) is 13.3. The molecule has 0 saturated carbocycles. The van der Waals surface area contributed by atoms with Crippen LogP contribution in [0.3, 0.4) is 0 Å². The quantitative estimate of drug-likeness (QED) is 0.657. The minimum atomic E-state index is -3.75. The van der Waals surface area contributed by atoms with E-state index in [0.29, 0.717) is 37.4 Å². The molecule has 0 spiro atoms. The molecule has 10 heteroatoms. The minimum Gasteiger partial charge on any atom is -0.371 e. The third kappa shape index (κ3) is 5.41. The highest BCUT2D eigenvalue weighted by molar-refractivity contribution is 7.89. The molecule has 2 fully saturated rings. The third-order valence-corrected chi connectivity index (χ3v) is 8.01. The highest BCUT2D eigenvalue weighted by Gasteiger charge is 2.28. The maximum absolute atomic E-state index is 14.1. The zero-order valence-corrected chi connectivity index (χ0v) is 20.8. The molecule has 2 saturated heterocycles. The number of amides is 1. The average Bonchev–Trinajstić information content (AvgIpc) is 3.37. The molecule has 0 atom stereocenters. The Kier molecular flexibility index (Phi) is 7.28. The monoisotopic (exact) mass is 499 g/mol. The molecule has 8 nitrogen and oxygen atoms in total. The number of piperazine rings is 1. The van der Waals surface area contributed by atoms with E-state index in [1.807, 2.05) is 11.0 Å². The van der Waals surface area contributed by atoms with Crippen LogP contribution in [0, 0.1) is 17.1 Å². The van der Waals surface area contributed by atoms with Crippen LogP contribution in [0.1, 0.15) is 42.6 Å². The molecule has 0 aliphatic carbocycles. The summed E-state index contributed by atoms with van der Waals surface area (Å²) in [6.45, 7) is 7.00. The van der Waals surface area contributed by atoms with Gasteiger partial charge in [-0.3, -0.25) is 4.79 Å². The number of benzene rings is 2. The van der Waals surface area contributed by atoms with Crippen molar-refractivity contribution in [1.82, 2.24) is 9.62 Å². The maximum Gasteiger partial charge on any atom is 0.256 e. The Hall–Kier alpha value is -3.16. The van der Waals surface area contributed by atoms with Gasteiger partial charge < -0.3 is 14.7 Å². The number of nitrogens with zero attached hydrogens (tertiary/aromatic N) is 4. The van der Waals surface area contributed by atoms with Gasteiger partial charge in [-0.15, -0.1) is 0 Å². The number of halogens is 1. The number of carbonyl (C=O) groups excluding carboxylic acids is 1. The molecular weight excluding hydrogens is 469 g/mol. The summed E-state index contributed by atoms with van der Waals surface area (Å²) in [5, 5.41) is 8.94. The molecule has 2 aliphatic heterocycles. The Labute approximate surface area is 206 Å². The van der Waals surface area contributed by atoms with E-state index in [9.17, 15) is 17.6 Å². The van der Waals surface area contributed by atoms with Crippen LogP contribution in [0.2, 0.25) is 0 Å². The van der Waals surface area contributed by atoms with Gasteiger partial charge in [-0.2, -0.15) is 5.26 Å². The van der Waals surface area contributed by atoms with Crippen molar-refractivity contribution in [3.63, 3.8) is 0 Å². The number of rotatable bonds is 6. The predicted octanol–water partition coefficient (Wildman–Crippen LogP) is 2.95. The van der Waals surface area contributed by atoms with E-state index in [1.54, 1.807) is 36.9 Å². The normalized spacial score (nSPS) is 16.6. The zero-order chi connectivity index (χ0) is 25.2. The van der Waals surface area contributed by atoms with Crippen LogP contribution in [0.4, 0.5) is 15.8 Å². The lowest BCUT2D eigenvalue weighted by Gasteiger charge is -2.36. The largest absolute Gasteiger partial charge is 0.371 e. The summed E-state index contributed by atoms with van der Waals surface area (Å²) < 4.78 is 42.2. The summed E-state index contributed by atoms with van der Waals surface area (Å²) in [5.74, 6) is -0.772. The van der Waals surface area contributed by atoms with E-state index in [4.69, 9.17) is 5.26 Å². The Morgan fingerprint density at radius 1 is 1.00 bits per heavy atom. The first-order valence-electron chi connectivity index (χ1n) is 11.8. The second-order valence-electron chi connectivity index (χ2n) is 9.20. The van der Waals surface area contributed by atoms with Gasteiger partial charge in [-0.05, 0) is 63.1 Å². The topological polar surface area (TPSA) is 96.8 Å². The predicted molar refractivity (Wildman–Crippen MR) is 133 cm³/mol. The lowest BCUT2D eigenvalue weighted by molar-refractivity contribution is 0.0747. The highest BCUT2D eigenvalue weighted by Crippen LogP contribution is 2.29. The van der Waals surface area contributed by atoms with Crippen molar-refractivity contribution in [2.75, 3.05) is 49.1 Å². The molecule has 2 aromatic carbocycles. The number of nitriles is 1. The van der Waals surface area contributed by atoms with Crippen molar-refractivity contribution < 1.29 is 17.6 Å². The minimum absolute atomic E-state index is 0.00111. The number of nitrogens with one attached hydrogen (secondary N) is 1. The van der Waals surface area contributed by atoms with Crippen LogP contribution in [0.15, 0.2) is 41.3 Å². The summed E-state index contributed by atoms with van der Waals surface area (Å²) >= 11 is 0. The Morgan fingerprint density at radius 2 is 1.69 bits per heavy atom. The van der Waals surface area contributed by atoms with Crippen molar-refractivity contribution in [3.8, 4) is 6.07 Å². The number of hydrogen-bond acceptors (Lipinski definition) is 6. The van der Waals surface area contributed by atoms with Gasteiger partial charge in [-0.1, -0.05) is 0 Å². The smallest absolute Gasteiger partial charge is 0.256 e. The van der Waals surface area contributed by atoms with Crippen molar-refractivity contribution in [2.24, 2.45) is 0 Å². The highest BCUT2D eigenvalue weighted by atomic mass is 32.2. The Bertz CT molecular complexity index is 1240. The van der Waals surface area contributed by atoms with E-state index in [-0.39, 0.29) is 22.4 Å². The van der Waals surface area contributed by atoms with E-state index >= 15 is 0 Å². The fourth-order valence-electron chi connectivity index (χ4n) is 4.60. The van der Waals surface area contributed by atoms with Gasteiger partial charge in [0.2, 0.25) is 10.0 Å². The van der Waals surface area contributed by atoms with Crippen LogP contribution in [0.25, 0.3) is 0 Å². The summed E-state index contributed by atoms with van der Waals surface area (Å²) in [6, 6.07) is 10.9. The number of sulfonamides is 1. The molecule has 0 aromatic heterocycles. The molecule has 0 radical (unpaired) electrons. The molecule has 2 aromatic rings. The SMILES string of the molecule is CC(C)NS(=O)(=O)c1ccc(N2CCCC2)c(C(=O)N2CCN(c3ccc(C#N)c(F)c3)CC2)c1. The van der Waals surface area contributed by atoms with E-state index in [1.165, 1.54) is 18.2 Å². The summed E-state index contributed by atoms with van der Waals surface area (Å²) in [4.78, 5) is 19.5. The number of hydrogen-bond donors (Lipinski definition) is 1. The van der Waals surface area contributed by atoms with Gasteiger partial charge in [0.1, 0.15) is 11.9 Å². The average molecular weight is 500 g/mol. The van der Waals surface area contributed by atoms with E-state index in [0.717, 1.165) is 31.6 Å². The summed E-state index contributed by atoms with van der Waals surface area (Å²) in [5.41, 5.74) is 1.81. The van der Waals surface area contributed by atoms with Gasteiger partial charge in [-0.25, -0.2) is 17.5 Å². The first kappa shape index (κ1) is 24.9. The van der Waals surface area contributed by atoms with E-state index < -0.39 is 15.8 Å². The number of carbonyl (C=O) groups is 1. The molecule has 1 amide bonds. The molecule has 186 valence electrons. The molecule has 0 unspecified atom stereocenters. The van der Waals surface area contributed by atoms with Crippen LogP contribution in [0.5, 0.6) is 0 Å². The second kappa shape index (κ2) is 10.2. The van der Waals surface area contributed by atoms with Gasteiger partial charge in [0.25, 0.3) is 5.91 Å². The van der Waals surface area contributed by atoms with Crippen LogP contribution >= 0.6 is 0 Å². The second-order valence-corrected chi connectivity index (χ2v) is 10.9. The molecule has 4 rings (SSSR count). The molecule has 1 N–H and O–H groups in total. The standard InChI is InChI=1S/C25H30FN5O3S/c1-18(2)28-35(33,34)21-7-8-24(30-9-3-4-10-30)22(16-21)25(32)31-13-11-29(12-14-31)20-6-5-19(17-27)23(26)15-20/h5-8,15-16,18,28H,3-4,9-14H2,1-2H3. The molecule has 2 heterocycles. The maximum atomic E-state index is 14.1. The molecular formula is C25H30FN5O3S. The van der Waals surface area contributed by atoms with Crippen LogP contribution in [-0.2, 0) is 10.0 Å². The van der Waals surface area contributed by atoms with Gasteiger partial charge >= 0.3 is 0 Å². The molecule has 35 heavy (non-hydrogen) atoms. The van der Waals surface area contributed by atoms with Gasteiger partial charge in [0, 0.05) is 56.7 Å². The third-order valence-electron chi connectivity index (χ3n) is 6.35. The zero-order valence-electron chi connectivity index (χ0n) is 20.0. The van der Waals surface area contributed by atoms with Crippen LogP contribution in [-0.4, -0.2) is 64.5 Å². The van der Waals surface area contributed by atoms with Gasteiger partial charge in [0.05, 0.1) is 16.0 Å². The van der Waals surface area contributed by atoms with Crippen LogP contribution < -0.4 is 14.5 Å². The Balaban J connectivity index is 1.56. The number of anilines is 2. The van der Waals surface area contributed by atoms with Gasteiger partial charge in [0.15, 0.2) is 0 Å². The van der Waals surface area contributed by atoms with E-state index in [2.05, 4.69) is 9.62 Å². The fraction of sp³-hybridized carbons (Fsp3) is 0.440. The first-order chi connectivity index (χ1) is 16.7. The molecule has 2 aliphatic rings. The lowest BCUT2D eigenvalue weighted by atomic mass is 10.1. The van der Waals surface area contributed by atoms with Crippen molar-refractivity contribution in [2.45, 2.75) is 37.6 Å². The molecule has 0 bridgehead atoms.